The van der Waals surface area contributed by atoms with E-state index in [0.717, 1.165) is 11.3 Å². The number of carbonyl (C=O) groups is 1. The number of hydrogen-bond acceptors (Lipinski definition) is 6. The summed E-state index contributed by atoms with van der Waals surface area (Å²) in [6.45, 7) is 0. The van der Waals surface area contributed by atoms with Crippen LogP contribution in [0.3, 0.4) is 0 Å². The SMILES string of the molecule is COc1cc([N+](=O)[O-])ccc1NC(=O)Cc1csc2nc(-c3ccc(F)cc3)cn12. The molecule has 30 heavy (non-hydrogen) atoms. The van der Waals surface area contributed by atoms with Crippen LogP contribution >= 0.6 is 11.3 Å². The van der Waals surface area contributed by atoms with Crippen LogP contribution in [0.2, 0.25) is 0 Å². The zero-order valence-corrected chi connectivity index (χ0v) is 16.5. The van der Waals surface area contributed by atoms with E-state index >= 15 is 0 Å². The number of nitro groups is 1. The van der Waals surface area contributed by atoms with Crippen LogP contribution in [0.25, 0.3) is 16.2 Å². The Bertz CT molecular complexity index is 1250. The van der Waals surface area contributed by atoms with E-state index in [1.807, 2.05) is 9.78 Å². The van der Waals surface area contributed by atoms with E-state index in [1.165, 1.54) is 48.8 Å². The highest BCUT2D eigenvalue weighted by Gasteiger charge is 2.16. The van der Waals surface area contributed by atoms with Crippen molar-refractivity contribution in [2.75, 3.05) is 12.4 Å². The largest absolute Gasteiger partial charge is 0.494 e. The highest BCUT2D eigenvalue weighted by molar-refractivity contribution is 7.15. The van der Waals surface area contributed by atoms with E-state index in [0.29, 0.717) is 16.3 Å². The Kier molecular flexibility index (Phi) is 5.15. The lowest BCUT2D eigenvalue weighted by Gasteiger charge is -2.09. The molecule has 10 heteroatoms. The first-order chi connectivity index (χ1) is 14.4. The molecule has 0 aliphatic rings. The first-order valence-corrected chi connectivity index (χ1v) is 9.66. The number of ether oxygens (including phenoxy) is 1. The van der Waals surface area contributed by atoms with Gasteiger partial charge in [-0.1, -0.05) is 0 Å². The van der Waals surface area contributed by atoms with Gasteiger partial charge in [-0.15, -0.1) is 11.3 Å². The van der Waals surface area contributed by atoms with Crippen molar-refractivity contribution in [3.63, 3.8) is 0 Å². The van der Waals surface area contributed by atoms with Crippen molar-refractivity contribution in [1.29, 1.82) is 0 Å². The normalized spacial score (nSPS) is 10.9. The van der Waals surface area contributed by atoms with Gasteiger partial charge in [-0.2, -0.15) is 0 Å². The van der Waals surface area contributed by atoms with Gasteiger partial charge >= 0.3 is 0 Å². The number of carbonyl (C=O) groups excluding carboxylic acids is 1. The number of imidazole rings is 1. The Morgan fingerprint density at radius 1 is 1.30 bits per heavy atom. The van der Waals surface area contributed by atoms with Gasteiger partial charge in [-0.05, 0) is 30.3 Å². The summed E-state index contributed by atoms with van der Waals surface area (Å²) in [4.78, 5) is 28.2. The molecule has 1 N–H and O–H groups in total. The van der Waals surface area contributed by atoms with Gasteiger partial charge in [0, 0.05) is 28.9 Å². The van der Waals surface area contributed by atoms with Gasteiger partial charge in [0.2, 0.25) is 5.91 Å². The Labute approximate surface area is 173 Å². The molecule has 152 valence electrons. The summed E-state index contributed by atoms with van der Waals surface area (Å²) in [5, 5.41) is 15.5. The Balaban J connectivity index is 1.53. The van der Waals surface area contributed by atoms with Gasteiger partial charge in [0.05, 0.1) is 35.9 Å². The Morgan fingerprint density at radius 3 is 2.77 bits per heavy atom. The predicted molar refractivity (Wildman–Crippen MR) is 110 cm³/mol. The number of amides is 1. The highest BCUT2D eigenvalue weighted by atomic mass is 32.1. The maximum atomic E-state index is 13.1. The fourth-order valence-corrected chi connectivity index (χ4v) is 3.84. The molecule has 0 unspecified atom stereocenters. The molecule has 4 rings (SSSR count). The minimum Gasteiger partial charge on any atom is -0.494 e. The summed E-state index contributed by atoms with van der Waals surface area (Å²) in [5.41, 5.74) is 2.40. The van der Waals surface area contributed by atoms with Crippen molar-refractivity contribution in [3.8, 4) is 17.0 Å². The number of nitrogens with one attached hydrogen (secondary N) is 1. The van der Waals surface area contributed by atoms with Crippen LogP contribution in [0.5, 0.6) is 5.75 Å². The second-order valence-electron chi connectivity index (χ2n) is 6.38. The summed E-state index contributed by atoms with van der Waals surface area (Å²) < 4.78 is 20.1. The molecule has 0 saturated carbocycles. The fraction of sp³-hybridized carbons (Fsp3) is 0.100. The van der Waals surface area contributed by atoms with Gasteiger partial charge < -0.3 is 10.1 Å². The number of fused-ring (bicyclic) bond motifs is 1. The van der Waals surface area contributed by atoms with E-state index in [1.54, 1.807) is 18.3 Å². The van der Waals surface area contributed by atoms with Crippen LogP contribution in [-0.4, -0.2) is 27.3 Å². The number of non-ortho nitro benzene ring substituents is 1. The number of benzene rings is 2. The monoisotopic (exact) mass is 426 g/mol. The van der Waals surface area contributed by atoms with Crippen molar-refractivity contribution in [2.45, 2.75) is 6.42 Å². The Morgan fingerprint density at radius 2 is 2.07 bits per heavy atom. The number of nitro benzene ring substituents is 1. The number of halogens is 1. The van der Waals surface area contributed by atoms with E-state index in [4.69, 9.17) is 4.74 Å². The van der Waals surface area contributed by atoms with Gasteiger partial charge in [0.1, 0.15) is 11.6 Å². The lowest BCUT2D eigenvalue weighted by molar-refractivity contribution is -0.384. The van der Waals surface area contributed by atoms with Crippen molar-refractivity contribution in [2.24, 2.45) is 0 Å². The van der Waals surface area contributed by atoms with Crippen LogP contribution in [0.4, 0.5) is 15.8 Å². The highest BCUT2D eigenvalue weighted by Crippen LogP contribution is 2.29. The minimum absolute atomic E-state index is 0.0688. The molecule has 0 saturated heterocycles. The molecule has 0 fully saturated rings. The Hall–Kier alpha value is -3.79. The van der Waals surface area contributed by atoms with E-state index in [9.17, 15) is 19.3 Å². The van der Waals surface area contributed by atoms with E-state index in [-0.39, 0.29) is 29.6 Å². The van der Waals surface area contributed by atoms with Crippen LogP contribution in [0.1, 0.15) is 5.69 Å². The molecule has 0 spiro atoms. The summed E-state index contributed by atoms with van der Waals surface area (Å²) in [7, 11) is 1.37. The maximum Gasteiger partial charge on any atom is 0.273 e. The standard InChI is InChI=1S/C20H15FN4O4S/c1-29-18-8-14(25(27)28)6-7-16(18)22-19(26)9-15-11-30-20-23-17(10-24(15)20)12-2-4-13(21)5-3-12/h2-8,10-11H,9H2,1H3,(H,22,26). The molecule has 8 nitrogen and oxygen atoms in total. The molecule has 2 aromatic carbocycles. The van der Waals surface area contributed by atoms with E-state index < -0.39 is 4.92 Å². The van der Waals surface area contributed by atoms with Crippen LogP contribution in [-0.2, 0) is 11.2 Å². The second-order valence-corrected chi connectivity index (χ2v) is 7.22. The van der Waals surface area contributed by atoms with Crippen LogP contribution < -0.4 is 10.1 Å². The van der Waals surface area contributed by atoms with Crippen LogP contribution in [0.15, 0.2) is 54.0 Å². The maximum absolute atomic E-state index is 13.1. The molecule has 2 heterocycles. The number of anilines is 1. The molecule has 0 atom stereocenters. The second kappa shape index (κ2) is 7.91. The van der Waals surface area contributed by atoms with Crippen molar-refractivity contribution < 1.29 is 18.8 Å². The van der Waals surface area contributed by atoms with Crippen LogP contribution in [0, 0.1) is 15.9 Å². The van der Waals surface area contributed by atoms with Gasteiger partial charge in [0.25, 0.3) is 5.69 Å². The zero-order valence-electron chi connectivity index (χ0n) is 15.7. The molecule has 2 aromatic heterocycles. The van der Waals surface area contributed by atoms with Crippen molar-refractivity contribution >= 4 is 33.6 Å². The molecule has 4 aromatic rings. The smallest absolute Gasteiger partial charge is 0.273 e. The van der Waals surface area contributed by atoms with Gasteiger partial charge in [0.15, 0.2) is 4.96 Å². The molecule has 0 bridgehead atoms. The predicted octanol–water partition coefficient (Wildman–Crippen LogP) is 4.30. The average molecular weight is 426 g/mol. The molecule has 0 aliphatic heterocycles. The fourth-order valence-electron chi connectivity index (χ4n) is 2.97. The van der Waals surface area contributed by atoms with Gasteiger partial charge in [-0.3, -0.25) is 19.3 Å². The van der Waals surface area contributed by atoms with Crippen molar-refractivity contribution in [3.05, 3.63) is 75.7 Å². The average Bonchev–Trinajstić information content (AvgIpc) is 3.30. The summed E-state index contributed by atoms with van der Waals surface area (Å²) >= 11 is 1.39. The molecular formula is C20H15FN4O4S. The topological polar surface area (TPSA) is 98.8 Å². The number of hydrogen-bond donors (Lipinski definition) is 1. The zero-order chi connectivity index (χ0) is 21.3. The third kappa shape index (κ3) is 3.85. The summed E-state index contributed by atoms with van der Waals surface area (Å²) in [5.74, 6) is -0.424. The molecule has 0 radical (unpaired) electrons. The minimum atomic E-state index is -0.534. The number of methoxy groups -OCH3 is 1. The number of thiazole rings is 1. The third-order valence-electron chi connectivity index (χ3n) is 4.44. The lowest BCUT2D eigenvalue weighted by atomic mass is 10.2. The quantitative estimate of drug-likeness (QED) is 0.366. The lowest BCUT2D eigenvalue weighted by Crippen LogP contribution is -2.16. The summed E-state index contributed by atoms with van der Waals surface area (Å²) in [6, 6.07) is 10.0. The van der Waals surface area contributed by atoms with E-state index in [2.05, 4.69) is 10.3 Å². The number of nitrogens with zero attached hydrogens (tertiary/aromatic N) is 3. The number of aromatic nitrogens is 2. The molecular weight excluding hydrogens is 411 g/mol. The first kappa shape index (κ1) is 19.5. The van der Waals surface area contributed by atoms with Gasteiger partial charge in [-0.25, -0.2) is 9.37 Å². The third-order valence-corrected chi connectivity index (χ3v) is 5.32. The number of rotatable bonds is 6. The molecule has 1 amide bonds. The van der Waals surface area contributed by atoms with Crippen molar-refractivity contribution in [1.82, 2.24) is 9.38 Å². The molecule has 0 aliphatic carbocycles. The summed E-state index contributed by atoms with van der Waals surface area (Å²) in [6.07, 6.45) is 1.87. The first-order valence-electron chi connectivity index (χ1n) is 8.78.